The number of amides is 1. The number of ether oxygens (including phenoxy) is 1. The van der Waals surface area contributed by atoms with Crippen LogP contribution in [-0.2, 0) is 19.1 Å². The van der Waals surface area contributed by atoms with Crippen LogP contribution in [0.1, 0.15) is 168 Å². The van der Waals surface area contributed by atoms with E-state index in [4.69, 9.17) is 10.5 Å². The predicted molar refractivity (Wildman–Crippen MR) is 215 cm³/mol. The third kappa shape index (κ3) is 35.0. The largest absolute Gasteiger partial charge is 0.480 e. The predicted octanol–water partition coefficient (Wildman–Crippen LogP) is 11.2. The fourth-order valence-corrected chi connectivity index (χ4v) is 5.45. The summed E-state index contributed by atoms with van der Waals surface area (Å²) in [6.45, 7) is 4.79. The number of aliphatic carboxylic acids is 1. The van der Waals surface area contributed by atoms with Crippen LogP contribution in [0.15, 0.2) is 72.9 Å². The van der Waals surface area contributed by atoms with Gasteiger partial charge in [-0.25, -0.2) is 4.79 Å². The number of carboxylic acids is 1. The molecule has 0 aliphatic heterocycles. The van der Waals surface area contributed by atoms with Crippen molar-refractivity contribution in [2.24, 2.45) is 5.73 Å². The zero-order chi connectivity index (χ0) is 37.5. The molecule has 7 nitrogen and oxygen atoms in total. The monoisotopic (exact) mass is 711 g/mol. The van der Waals surface area contributed by atoms with Crippen LogP contribution in [0.4, 0.5) is 0 Å². The Labute approximate surface area is 312 Å². The van der Waals surface area contributed by atoms with Gasteiger partial charge in [0.15, 0.2) is 0 Å². The molecule has 0 fully saturated rings. The van der Waals surface area contributed by atoms with Crippen LogP contribution < -0.4 is 11.1 Å². The highest BCUT2D eigenvalue weighted by Crippen LogP contribution is 2.15. The van der Waals surface area contributed by atoms with Crippen LogP contribution >= 0.6 is 0 Å². The third-order valence-electron chi connectivity index (χ3n) is 8.49. The number of rotatable bonds is 35. The molecule has 0 radical (unpaired) electrons. The van der Waals surface area contributed by atoms with Crippen molar-refractivity contribution in [3.8, 4) is 0 Å². The summed E-state index contributed by atoms with van der Waals surface area (Å²) in [4.78, 5) is 36.3. The SMILES string of the molecule is CC/C=C\C/C=C\C/C=C\C/C=C\C/C=C\CCCC(=O)OC(/C=C\CCCCCCCCC)CCCCCCC(=O)NC(CCCN)C(=O)O. The zero-order valence-corrected chi connectivity index (χ0v) is 32.4. The van der Waals surface area contributed by atoms with E-state index in [1.54, 1.807) is 0 Å². The fourth-order valence-electron chi connectivity index (χ4n) is 5.45. The quantitative estimate of drug-likeness (QED) is 0.0342. The molecule has 0 rings (SSSR count). The van der Waals surface area contributed by atoms with Gasteiger partial charge in [0, 0.05) is 12.8 Å². The molecular weight excluding hydrogens is 636 g/mol. The van der Waals surface area contributed by atoms with Crippen LogP contribution in [0.25, 0.3) is 0 Å². The summed E-state index contributed by atoms with van der Waals surface area (Å²) in [5, 5.41) is 11.9. The molecule has 2 atom stereocenters. The van der Waals surface area contributed by atoms with E-state index in [9.17, 15) is 19.5 Å². The van der Waals surface area contributed by atoms with E-state index in [0.29, 0.717) is 38.6 Å². The van der Waals surface area contributed by atoms with E-state index >= 15 is 0 Å². The normalized spacial score (nSPS) is 13.5. The Balaban J connectivity index is 4.46. The summed E-state index contributed by atoms with van der Waals surface area (Å²) < 4.78 is 5.89. The molecule has 0 aromatic heterocycles. The highest BCUT2D eigenvalue weighted by molar-refractivity contribution is 5.83. The fraction of sp³-hybridized carbons (Fsp3) is 0.659. The maximum absolute atomic E-state index is 12.7. The number of hydrogen-bond donors (Lipinski definition) is 3. The van der Waals surface area contributed by atoms with E-state index in [1.165, 1.54) is 38.5 Å². The second-order valence-corrected chi connectivity index (χ2v) is 13.3. The summed E-state index contributed by atoms with van der Waals surface area (Å²) in [7, 11) is 0. The van der Waals surface area contributed by atoms with Gasteiger partial charge < -0.3 is 20.9 Å². The molecule has 0 bridgehead atoms. The summed E-state index contributed by atoms with van der Waals surface area (Å²) in [5.74, 6) is -1.40. The molecule has 0 saturated heterocycles. The number of unbranched alkanes of at least 4 members (excludes halogenated alkanes) is 11. The molecule has 2 unspecified atom stereocenters. The van der Waals surface area contributed by atoms with Crippen molar-refractivity contribution in [3.05, 3.63) is 72.9 Å². The molecule has 51 heavy (non-hydrogen) atoms. The van der Waals surface area contributed by atoms with Crippen molar-refractivity contribution >= 4 is 17.8 Å². The number of esters is 1. The number of carboxylic acid groups (broad SMARTS) is 1. The average molecular weight is 711 g/mol. The number of hydrogen-bond acceptors (Lipinski definition) is 5. The Morgan fingerprint density at radius 1 is 0.608 bits per heavy atom. The maximum atomic E-state index is 12.7. The second kappa shape index (κ2) is 38.1. The second-order valence-electron chi connectivity index (χ2n) is 13.3. The summed E-state index contributed by atoms with van der Waals surface area (Å²) in [6, 6.07) is -0.878. The van der Waals surface area contributed by atoms with Crippen molar-refractivity contribution < 1.29 is 24.2 Å². The molecule has 290 valence electrons. The summed E-state index contributed by atoms with van der Waals surface area (Å²) in [5.41, 5.74) is 5.48. The molecule has 0 saturated carbocycles. The van der Waals surface area contributed by atoms with Gasteiger partial charge in [0.1, 0.15) is 12.1 Å². The molecular formula is C44H74N2O5. The van der Waals surface area contributed by atoms with Crippen molar-refractivity contribution in [1.29, 1.82) is 0 Å². The lowest BCUT2D eigenvalue weighted by atomic mass is 10.1. The lowest BCUT2D eigenvalue weighted by Gasteiger charge is -2.15. The standard InChI is InChI=1S/C44H74N2O5/c1-3-5-7-9-11-13-14-15-16-17-18-19-20-22-24-26-32-38-43(48)51-40(34-29-25-23-21-12-10-8-6-4-2)35-30-27-28-31-37-42(47)46-41(44(49)50)36-33-39-45/h5,7,11,13,15-16,18-19,22,24,29,34,40-41H,3-4,6,8-10,12,14,17,20-21,23,25-28,30-33,35-39,45H2,1-2H3,(H,46,47)(H,49,50)/b7-5-,13-11-,16-15-,19-18-,24-22-,34-29-. The van der Waals surface area contributed by atoms with Gasteiger partial charge in [-0.05, 0) is 103 Å². The van der Waals surface area contributed by atoms with Gasteiger partial charge in [-0.1, -0.05) is 132 Å². The summed E-state index contributed by atoms with van der Waals surface area (Å²) in [6.07, 6.45) is 48.1. The van der Waals surface area contributed by atoms with Crippen LogP contribution in [0, 0.1) is 0 Å². The molecule has 4 N–H and O–H groups in total. The van der Waals surface area contributed by atoms with Crippen LogP contribution in [0.2, 0.25) is 0 Å². The molecule has 7 heteroatoms. The van der Waals surface area contributed by atoms with Crippen LogP contribution in [-0.4, -0.2) is 41.6 Å². The first kappa shape index (κ1) is 47.8. The van der Waals surface area contributed by atoms with Gasteiger partial charge in [0.25, 0.3) is 0 Å². The van der Waals surface area contributed by atoms with Gasteiger partial charge in [-0.15, -0.1) is 0 Å². The van der Waals surface area contributed by atoms with E-state index < -0.39 is 12.0 Å². The Kier molecular flexibility index (Phi) is 35.7. The Hall–Kier alpha value is -3.19. The van der Waals surface area contributed by atoms with E-state index in [-0.39, 0.29) is 18.0 Å². The molecule has 0 aliphatic carbocycles. The number of nitrogens with two attached hydrogens (primary N) is 1. The van der Waals surface area contributed by atoms with Crippen LogP contribution in [0.3, 0.4) is 0 Å². The number of carbonyl (C=O) groups is 3. The van der Waals surface area contributed by atoms with Gasteiger partial charge in [-0.3, -0.25) is 9.59 Å². The number of nitrogens with one attached hydrogen (secondary N) is 1. The Morgan fingerprint density at radius 2 is 1.16 bits per heavy atom. The van der Waals surface area contributed by atoms with Gasteiger partial charge >= 0.3 is 11.9 Å². The topological polar surface area (TPSA) is 119 Å². The van der Waals surface area contributed by atoms with Gasteiger partial charge in [-0.2, -0.15) is 0 Å². The lowest BCUT2D eigenvalue weighted by molar-refractivity contribution is -0.147. The van der Waals surface area contributed by atoms with Crippen molar-refractivity contribution in [1.82, 2.24) is 5.32 Å². The van der Waals surface area contributed by atoms with Gasteiger partial charge in [0.05, 0.1) is 0 Å². The molecule has 0 aromatic rings. The van der Waals surface area contributed by atoms with E-state index in [1.807, 2.05) is 0 Å². The smallest absolute Gasteiger partial charge is 0.326 e. The first-order valence-corrected chi connectivity index (χ1v) is 20.3. The molecule has 0 aliphatic rings. The minimum Gasteiger partial charge on any atom is -0.480 e. The lowest BCUT2D eigenvalue weighted by Crippen LogP contribution is -2.40. The molecule has 0 spiro atoms. The average Bonchev–Trinajstić information content (AvgIpc) is 3.11. The van der Waals surface area contributed by atoms with Crippen molar-refractivity contribution in [3.63, 3.8) is 0 Å². The first-order valence-electron chi connectivity index (χ1n) is 20.3. The van der Waals surface area contributed by atoms with Gasteiger partial charge in [0.2, 0.25) is 5.91 Å². The highest BCUT2D eigenvalue weighted by atomic mass is 16.5. The maximum Gasteiger partial charge on any atom is 0.326 e. The molecule has 1 amide bonds. The highest BCUT2D eigenvalue weighted by Gasteiger charge is 2.19. The third-order valence-corrected chi connectivity index (χ3v) is 8.49. The summed E-state index contributed by atoms with van der Waals surface area (Å²) >= 11 is 0. The number of allylic oxidation sites excluding steroid dienone is 11. The van der Waals surface area contributed by atoms with Crippen LogP contribution in [0.5, 0.6) is 0 Å². The van der Waals surface area contributed by atoms with E-state index in [0.717, 1.165) is 83.5 Å². The Morgan fingerprint density at radius 3 is 1.76 bits per heavy atom. The minimum atomic E-state index is -1.02. The minimum absolute atomic E-state index is 0.146. The van der Waals surface area contributed by atoms with E-state index in [2.05, 4.69) is 92.1 Å². The molecule has 0 aromatic carbocycles. The van der Waals surface area contributed by atoms with Crippen molar-refractivity contribution in [2.45, 2.75) is 180 Å². The Bertz CT molecular complexity index is 1030. The zero-order valence-electron chi connectivity index (χ0n) is 32.4. The molecule has 0 heterocycles. The first-order chi connectivity index (χ1) is 24.9. The number of carbonyl (C=O) groups excluding carboxylic acids is 2. The van der Waals surface area contributed by atoms with Crippen molar-refractivity contribution in [2.75, 3.05) is 6.54 Å².